The Morgan fingerprint density at radius 3 is 3.11 bits per heavy atom. The molecule has 94 valence electrons. The molecule has 0 saturated carbocycles. The molecule has 2 N–H and O–H groups in total. The summed E-state index contributed by atoms with van der Waals surface area (Å²) in [5.41, 5.74) is 8.24. The van der Waals surface area contributed by atoms with Gasteiger partial charge >= 0.3 is 0 Å². The van der Waals surface area contributed by atoms with E-state index in [0.717, 1.165) is 16.6 Å². The summed E-state index contributed by atoms with van der Waals surface area (Å²) in [6.45, 7) is 2.81. The molecule has 2 aromatic rings. The van der Waals surface area contributed by atoms with Crippen molar-refractivity contribution >= 4 is 21.7 Å². The fraction of sp³-hybridized carbons (Fsp3) is 0.308. The summed E-state index contributed by atoms with van der Waals surface area (Å²) in [6, 6.07) is 6.30. The van der Waals surface area contributed by atoms with Crippen LogP contribution < -0.4 is 10.5 Å². The quantitative estimate of drug-likeness (QED) is 0.927. The highest BCUT2D eigenvalue weighted by molar-refractivity contribution is 9.10. The molecule has 1 aromatic heterocycles. The number of ether oxygens (including phenoxy) is 1. The molecule has 1 atom stereocenters. The van der Waals surface area contributed by atoms with Gasteiger partial charge in [-0.3, -0.25) is 4.68 Å². The molecule has 0 radical (unpaired) electrons. The Bertz CT molecular complexity index is 574. The molecule has 1 unspecified atom stereocenters. The molecule has 3 rings (SSSR count). The largest absolute Gasteiger partial charge is 0.488 e. The van der Waals surface area contributed by atoms with Crippen LogP contribution in [0.4, 0.5) is 5.82 Å². The summed E-state index contributed by atoms with van der Waals surface area (Å²) >= 11 is 3.35. The standard InChI is InChI=1S/C13H14BrN3O/c1-8-2-3-12-9(4-8)5-10(18-12)6-17-7-11(14)13(15)16-17/h2-4,7,10H,5-6H2,1H3,(H2,15,16). The van der Waals surface area contributed by atoms with Crippen molar-refractivity contribution in [2.24, 2.45) is 0 Å². The second kappa shape index (κ2) is 4.31. The fourth-order valence-corrected chi connectivity index (χ4v) is 2.58. The lowest BCUT2D eigenvalue weighted by atomic mass is 10.1. The van der Waals surface area contributed by atoms with Gasteiger partial charge in [0.1, 0.15) is 11.9 Å². The lowest BCUT2D eigenvalue weighted by Crippen LogP contribution is -2.21. The van der Waals surface area contributed by atoms with Crippen LogP contribution in [0.3, 0.4) is 0 Å². The van der Waals surface area contributed by atoms with Crippen LogP contribution in [0.5, 0.6) is 5.75 Å². The predicted octanol–water partition coefficient (Wildman–Crippen LogP) is 2.54. The molecule has 0 spiro atoms. The number of hydrogen-bond donors (Lipinski definition) is 1. The first-order valence-corrected chi connectivity index (χ1v) is 6.66. The van der Waals surface area contributed by atoms with Crippen LogP contribution in [0.15, 0.2) is 28.9 Å². The Hall–Kier alpha value is -1.49. The van der Waals surface area contributed by atoms with Crippen LogP contribution in [0.2, 0.25) is 0 Å². The Balaban J connectivity index is 1.74. The third-order valence-electron chi connectivity index (χ3n) is 3.09. The number of nitrogens with two attached hydrogens (primary N) is 1. The van der Waals surface area contributed by atoms with Crippen molar-refractivity contribution in [3.05, 3.63) is 40.0 Å². The van der Waals surface area contributed by atoms with E-state index in [-0.39, 0.29) is 6.10 Å². The molecule has 5 heteroatoms. The van der Waals surface area contributed by atoms with Gasteiger partial charge in [0.2, 0.25) is 0 Å². The molecule has 0 saturated heterocycles. The molecular weight excluding hydrogens is 294 g/mol. The summed E-state index contributed by atoms with van der Waals surface area (Å²) in [5, 5.41) is 4.22. The van der Waals surface area contributed by atoms with Gasteiger partial charge in [-0.25, -0.2) is 0 Å². The molecule has 4 nitrogen and oxygen atoms in total. The molecular formula is C13H14BrN3O. The lowest BCUT2D eigenvalue weighted by molar-refractivity contribution is 0.203. The Labute approximate surface area is 114 Å². The maximum atomic E-state index is 5.90. The Morgan fingerprint density at radius 1 is 1.56 bits per heavy atom. The van der Waals surface area contributed by atoms with Crippen LogP contribution in [0.25, 0.3) is 0 Å². The van der Waals surface area contributed by atoms with E-state index in [1.165, 1.54) is 11.1 Å². The van der Waals surface area contributed by atoms with E-state index >= 15 is 0 Å². The highest BCUT2D eigenvalue weighted by Gasteiger charge is 2.23. The molecule has 1 aliphatic rings. The first-order chi connectivity index (χ1) is 8.61. The molecule has 0 aliphatic carbocycles. The van der Waals surface area contributed by atoms with Crippen molar-refractivity contribution in [1.29, 1.82) is 0 Å². The van der Waals surface area contributed by atoms with E-state index in [2.05, 4.69) is 40.1 Å². The van der Waals surface area contributed by atoms with Gasteiger partial charge in [0.05, 0.1) is 11.0 Å². The minimum absolute atomic E-state index is 0.132. The molecule has 1 aromatic carbocycles. The number of aromatic nitrogens is 2. The van der Waals surface area contributed by atoms with Gasteiger partial charge < -0.3 is 10.5 Å². The van der Waals surface area contributed by atoms with Gasteiger partial charge in [-0.05, 0) is 34.5 Å². The highest BCUT2D eigenvalue weighted by atomic mass is 79.9. The molecule has 18 heavy (non-hydrogen) atoms. The fourth-order valence-electron chi connectivity index (χ4n) is 2.27. The highest BCUT2D eigenvalue weighted by Crippen LogP contribution is 2.30. The SMILES string of the molecule is Cc1ccc2c(c1)CC(Cn1cc(Br)c(N)n1)O2. The number of fused-ring (bicyclic) bond motifs is 1. The number of hydrogen-bond acceptors (Lipinski definition) is 3. The van der Waals surface area contributed by atoms with Crippen LogP contribution in [-0.4, -0.2) is 15.9 Å². The number of benzene rings is 1. The summed E-state index contributed by atoms with van der Waals surface area (Å²) < 4.78 is 8.55. The van der Waals surface area contributed by atoms with Gasteiger partial charge in [-0.2, -0.15) is 5.10 Å². The lowest BCUT2D eigenvalue weighted by Gasteiger charge is -2.10. The van der Waals surface area contributed by atoms with Crippen molar-refractivity contribution in [2.75, 3.05) is 5.73 Å². The topological polar surface area (TPSA) is 53.1 Å². The average molecular weight is 308 g/mol. The van der Waals surface area contributed by atoms with Crippen molar-refractivity contribution in [2.45, 2.75) is 26.0 Å². The number of anilines is 1. The number of nitrogens with zero attached hydrogens (tertiary/aromatic N) is 2. The normalized spacial score (nSPS) is 17.6. The average Bonchev–Trinajstić information content (AvgIpc) is 2.82. The molecule has 1 aliphatic heterocycles. The Morgan fingerprint density at radius 2 is 2.39 bits per heavy atom. The third kappa shape index (κ3) is 2.10. The van der Waals surface area contributed by atoms with E-state index in [4.69, 9.17) is 10.5 Å². The molecule has 0 fully saturated rings. The first kappa shape index (κ1) is 11.6. The molecule has 0 bridgehead atoms. The summed E-state index contributed by atoms with van der Waals surface area (Å²) in [5.74, 6) is 1.51. The zero-order valence-electron chi connectivity index (χ0n) is 10.1. The number of rotatable bonds is 2. The van der Waals surface area contributed by atoms with Gasteiger partial charge in [-0.15, -0.1) is 0 Å². The maximum absolute atomic E-state index is 5.90. The minimum atomic E-state index is 0.132. The number of nitrogen functional groups attached to an aromatic ring is 1. The van der Waals surface area contributed by atoms with Gasteiger partial charge in [0, 0.05) is 12.6 Å². The van der Waals surface area contributed by atoms with Gasteiger partial charge in [0.15, 0.2) is 5.82 Å². The van der Waals surface area contributed by atoms with Crippen LogP contribution in [0.1, 0.15) is 11.1 Å². The van der Waals surface area contributed by atoms with Crippen LogP contribution >= 0.6 is 15.9 Å². The minimum Gasteiger partial charge on any atom is -0.488 e. The van der Waals surface area contributed by atoms with E-state index < -0.39 is 0 Å². The maximum Gasteiger partial charge on any atom is 0.159 e. The number of aryl methyl sites for hydroxylation is 1. The third-order valence-corrected chi connectivity index (χ3v) is 3.70. The summed E-state index contributed by atoms with van der Waals surface area (Å²) in [4.78, 5) is 0. The summed E-state index contributed by atoms with van der Waals surface area (Å²) in [7, 11) is 0. The van der Waals surface area contributed by atoms with Gasteiger partial charge in [0.25, 0.3) is 0 Å². The second-order valence-corrected chi connectivity index (χ2v) is 5.49. The van der Waals surface area contributed by atoms with Crippen LogP contribution in [0, 0.1) is 6.92 Å². The van der Waals surface area contributed by atoms with Crippen molar-refractivity contribution < 1.29 is 4.74 Å². The predicted molar refractivity (Wildman–Crippen MR) is 73.6 cm³/mol. The number of halogens is 1. The summed E-state index contributed by atoms with van der Waals surface area (Å²) in [6.07, 6.45) is 2.94. The molecule has 2 heterocycles. The monoisotopic (exact) mass is 307 g/mol. The first-order valence-electron chi connectivity index (χ1n) is 5.86. The van der Waals surface area contributed by atoms with E-state index in [1.807, 2.05) is 16.9 Å². The van der Waals surface area contributed by atoms with Crippen LogP contribution in [-0.2, 0) is 13.0 Å². The van der Waals surface area contributed by atoms with E-state index in [0.29, 0.717) is 12.4 Å². The van der Waals surface area contributed by atoms with Gasteiger partial charge in [-0.1, -0.05) is 17.7 Å². The zero-order chi connectivity index (χ0) is 12.7. The van der Waals surface area contributed by atoms with Crippen molar-refractivity contribution in [1.82, 2.24) is 9.78 Å². The van der Waals surface area contributed by atoms with Crippen molar-refractivity contribution in [3.8, 4) is 5.75 Å². The van der Waals surface area contributed by atoms with E-state index in [9.17, 15) is 0 Å². The molecule has 0 amide bonds. The van der Waals surface area contributed by atoms with E-state index in [1.54, 1.807) is 0 Å². The smallest absolute Gasteiger partial charge is 0.159 e. The Kier molecular flexibility index (Phi) is 2.78. The van der Waals surface area contributed by atoms with Crippen molar-refractivity contribution in [3.63, 3.8) is 0 Å². The second-order valence-electron chi connectivity index (χ2n) is 4.64. The zero-order valence-corrected chi connectivity index (χ0v) is 11.6.